The van der Waals surface area contributed by atoms with E-state index in [9.17, 15) is 9.59 Å². The molecule has 0 N–H and O–H groups in total. The van der Waals surface area contributed by atoms with Gasteiger partial charge in [0.1, 0.15) is 0 Å². The second-order valence-electron chi connectivity index (χ2n) is 11.0. The molecule has 6 nitrogen and oxygen atoms in total. The monoisotopic (exact) mass is 576 g/mol. The summed E-state index contributed by atoms with van der Waals surface area (Å²) in [6.45, 7) is 11.0. The Bertz CT molecular complexity index is 1570. The van der Waals surface area contributed by atoms with Crippen molar-refractivity contribution in [2.75, 3.05) is 19.0 Å². The van der Waals surface area contributed by atoms with Crippen molar-refractivity contribution in [2.45, 2.75) is 45.4 Å². The van der Waals surface area contributed by atoms with Crippen LogP contribution in [0, 0.1) is 0 Å². The van der Waals surface area contributed by atoms with Gasteiger partial charge in [0.05, 0.1) is 0 Å². The van der Waals surface area contributed by atoms with Crippen molar-refractivity contribution in [3.8, 4) is 0 Å². The molecule has 8 heteroatoms. The molecule has 1 saturated heterocycles. The molecule has 5 heterocycles. The summed E-state index contributed by atoms with van der Waals surface area (Å²) in [5, 5.41) is 0.220. The predicted octanol–water partition coefficient (Wildman–Crippen LogP) is 4.88. The van der Waals surface area contributed by atoms with Crippen LogP contribution in [0.25, 0.3) is 5.57 Å². The maximum absolute atomic E-state index is 13.2. The molecule has 0 bridgehead atoms. The quantitative estimate of drug-likeness (QED) is 0.179. The Kier molecular flexibility index (Phi) is 5.07. The van der Waals surface area contributed by atoms with Gasteiger partial charge in [0.25, 0.3) is 0 Å². The fourth-order valence-corrected chi connectivity index (χ4v) is 8.86. The van der Waals surface area contributed by atoms with Crippen LogP contribution in [0.15, 0.2) is 48.2 Å². The van der Waals surface area contributed by atoms with Gasteiger partial charge in [-0.2, -0.15) is 0 Å². The Balaban J connectivity index is 1.62. The van der Waals surface area contributed by atoms with Gasteiger partial charge in [-0.05, 0) is 0 Å². The number of thiocarbonyl (C=S) groups is 1. The molecule has 0 unspecified atom stereocenters. The molecule has 0 atom stereocenters. The van der Waals surface area contributed by atoms with Crippen LogP contribution >= 0.6 is 12.2 Å². The minimum atomic E-state index is -0.344. The van der Waals surface area contributed by atoms with Gasteiger partial charge in [0.15, 0.2) is 0 Å². The van der Waals surface area contributed by atoms with Gasteiger partial charge in [0, 0.05) is 0 Å². The van der Waals surface area contributed by atoms with Gasteiger partial charge in [-0.1, -0.05) is 0 Å². The number of hydrogen-bond acceptors (Lipinski definition) is 5. The van der Waals surface area contributed by atoms with Crippen molar-refractivity contribution in [2.24, 2.45) is 0 Å². The van der Waals surface area contributed by atoms with Crippen LogP contribution in [0.1, 0.15) is 61.3 Å². The molecule has 6 rings (SSSR count). The van der Waals surface area contributed by atoms with Gasteiger partial charge in [0.2, 0.25) is 0 Å². The SMILES string of the molecule is CC(=C1C(=O)N(C)C(=S)N(C)C1=O)c1cc2c([se]1)N1c3ncccc3C(C)(C)c3cccc(c31)C2(C)C. The van der Waals surface area contributed by atoms with E-state index in [1.807, 2.05) is 19.2 Å². The van der Waals surface area contributed by atoms with E-state index < -0.39 is 0 Å². The number of fused-ring (bicyclic) bond motifs is 4. The summed E-state index contributed by atoms with van der Waals surface area (Å²) in [6, 6.07) is 13.0. The second kappa shape index (κ2) is 7.73. The number of hydrogen-bond donors (Lipinski definition) is 0. The van der Waals surface area contributed by atoms with Gasteiger partial charge in [-0.3, -0.25) is 0 Å². The van der Waals surface area contributed by atoms with E-state index in [2.05, 4.69) is 62.9 Å². The number of carbonyl (C=O) groups is 2. The van der Waals surface area contributed by atoms with Crippen molar-refractivity contribution in [1.29, 1.82) is 0 Å². The number of pyridine rings is 1. The van der Waals surface area contributed by atoms with Crippen molar-refractivity contribution in [1.82, 2.24) is 14.8 Å². The molecule has 2 aromatic heterocycles. The average molecular weight is 576 g/mol. The molecule has 0 radical (unpaired) electrons. The Morgan fingerprint density at radius 3 is 2.08 bits per heavy atom. The zero-order valence-corrected chi connectivity index (χ0v) is 24.5. The summed E-state index contributed by atoms with van der Waals surface area (Å²) >= 11 is 5.16. The summed E-state index contributed by atoms with van der Waals surface area (Å²) in [5.74, 6) is 0.277. The molecule has 1 aromatic carbocycles. The third kappa shape index (κ3) is 3.03. The number of aromatic nitrogens is 1. The van der Waals surface area contributed by atoms with Crippen molar-refractivity contribution in [3.05, 3.63) is 74.9 Å². The Labute approximate surface area is 228 Å². The van der Waals surface area contributed by atoms with Crippen molar-refractivity contribution >= 4 is 65.3 Å². The molecular weight excluding hydrogens is 547 g/mol. The molecule has 188 valence electrons. The number of rotatable bonds is 1. The van der Waals surface area contributed by atoms with Crippen LogP contribution < -0.4 is 4.90 Å². The number of nitrogens with zero attached hydrogens (tertiary/aromatic N) is 4. The van der Waals surface area contributed by atoms with Crippen LogP contribution in [0.3, 0.4) is 0 Å². The van der Waals surface area contributed by atoms with Crippen LogP contribution in [0.2, 0.25) is 0 Å². The van der Waals surface area contributed by atoms with E-state index in [0.29, 0.717) is 0 Å². The fraction of sp³-hybridized carbons (Fsp3) is 0.310. The van der Waals surface area contributed by atoms with Crippen LogP contribution in [0.4, 0.5) is 16.1 Å². The number of amides is 2. The summed E-state index contributed by atoms with van der Waals surface area (Å²) in [4.78, 5) is 36.4. The van der Waals surface area contributed by atoms with Crippen LogP contribution in [-0.2, 0) is 20.4 Å². The van der Waals surface area contributed by atoms with E-state index in [1.165, 1.54) is 42.3 Å². The van der Waals surface area contributed by atoms with Crippen molar-refractivity contribution in [3.63, 3.8) is 0 Å². The predicted molar refractivity (Wildman–Crippen MR) is 151 cm³/mol. The first kappa shape index (κ1) is 24.3. The molecule has 0 saturated carbocycles. The Morgan fingerprint density at radius 2 is 1.46 bits per heavy atom. The normalized spacial score (nSPS) is 19.1. The first-order chi connectivity index (χ1) is 17.4. The molecule has 3 aliphatic rings. The zero-order valence-electron chi connectivity index (χ0n) is 22.0. The fourth-order valence-electron chi connectivity index (χ4n) is 5.90. The number of likely N-dealkylation sites (N-methyl/N-ethyl adjacent to an activating group) is 2. The third-order valence-electron chi connectivity index (χ3n) is 8.22. The first-order valence-electron chi connectivity index (χ1n) is 12.2. The maximum atomic E-state index is 13.2. The minimum absolute atomic E-state index is 0.138. The second-order valence-corrected chi connectivity index (χ2v) is 13.5. The number of allylic oxidation sites excluding steroid dienone is 1. The number of benzene rings is 1. The molecule has 2 amide bonds. The first-order valence-corrected chi connectivity index (χ1v) is 14.4. The molecule has 3 aliphatic heterocycles. The molecular formula is C29H28N4O2SSe. The summed E-state index contributed by atoms with van der Waals surface area (Å²) in [7, 11) is 3.25. The van der Waals surface area contributed by atoms with Gasteiger partial charge in [-0.25, -0.2) is 0 Å². The number of para-hydroxylation sites is 1. The van der Waals surface area contributed by atoms with Gasteiger partial charge in [-0.15, -0.1) is 0 Å². The topological polar surface area (TPSA) is 56.8 Å². The third-order valence-corrected chi connectivity index (χ3v) is 11.4. The summed E-state index contributed by atoms with van der Waals surface area (Å²) in [5.41, 5.74) is 6.68. The standard InChI is InChI=1S/C29H28N4O2SSe/c1-15(21-24(34)31(6)27(36)32(7)25(21)35)20-14-19-26(37-20)33-22-16(10-8-11-17(22)29(19,4)5)28(2,3)18-12-9-13-30-23(18)33/h8-14H,1-7H3. The van der Waals surface area contributed by atoms with Crippen LogP contribution in [-0.4, -0.2) is 60.3 Å². The summed E-state index contributed by atoms with van der Waals surface area (Å²) in [6.07, 6.45) is 1.86. The zero-order chi connectivity index (χ0) is 26.6. The molecule has 1 fully saturated rings. The van der Waals surface area contributed by atoms with E-state index in [4.69, 9.17) is 17.2 Å². The average Bonchev–Trinajstić information content (AvgIpc) is 3.32. The number of carbonyl (C=O) groups excluding carboxylic acids is 2. The molecule has 0 aliphatic carbocycles. The van der Waals surface area contributed by atoms with E-state index in [-0.39, 0.29) is 47.8 Å². The molecule has 0 spiro atoms. The Morgan fingerprint density at radius 1 is 0.892 bits per heavy atom. The van der Waals surface area contributed by atoms with Crippen LogP contribution in [0.5, 0.6) is 0 Å². The molecule has 3 aromatic rings. The van der Waals surface area contributed by atoms with E-state index in [1.54, 1.807) is 14.1 Å². The Hall–Kier alpha value is -3.06. The summed E-state index contributed by atoms with van der Waals surface area (Å²) < 4.78 is 2.25. The number of anilines is 3. The van der Waals surface area contributed by atoms with E-state index >= 15 is 0 Å². The van der Waals surface area contributed by atoms with Gasteiger partial charge < -0.3 is 0 Å². The van der Waals surface area contributed by atoms with E-state index in [0.717, 1.165) is 15.8 Å². The van der Waals surface area contributed by atoms with Crippen molar-refractivity contribution < 1.29 is 9.59 Å². The van der Waals surface area contributed by atoms with Gasteiger partial charge >= 0.3 is 229 Å². The molecule has 37 heavy (non-hydrogen) atoms.